The molecule has 92 valence electrons. The molecule has 0 aliphatic heterocycles. The first kappa shape index (κ1) is 11.1. The Morgan fingerprint density at radius 2 is 1.72 bits per heavy atom. The third kappa shape index (κ3) is 1.94. The normalized spacial score (nSPS) is 21.6. The second-order valence-electron chi connectivity index (χ2n) is 4.78. The summed E-state index contributed by atoms with van der Waals surface area (Å²) in [6.07, 6.45) is 1.11. The fraction of sp³-hybridized carbons (Fsp3) is 0.250. The molecule has 2 unspecified atom stereocenters. The summed E-state index contributed by atoms with van der Waals surface area (Å²) < 4.78 is 5.16. The van der Waals surface area contributed by atoms with Gasteiger partial charge in [0.15, 0.2) is 0 Å². The van der Waals surface area contributed by atoms with Gasteiger partial charge in [-0.15, -0.1) is 0 Å². The first-order valence-electron chi connectivity index (χ1n) is 6.21. The number of rotatable bonds is 3. The van der Waals surface area contributed by atoms with E-state index in [0.717, 1.165) is 17.7 Å². The van der Waals surface area contributed by atoms with E-state index in [1.54, 1.807) is 13.2 Å². The van der Waals surface area contributed by atoms with Gasteiger partial charge in [0.05, 0.1) is 7.11 Å². The van der Waals surface area contributed by atoms with E-state index in [-0.39, 0.29) is 0 Å². The number of methoxy groups -OCH3 is 1. The van der Waals surface area contributed by atoms with Gasteiger partial charge in [0.2, 0.25) is 0 Å². The van der Waals surface area contributed by atoms with E-state index < -0.39 is 0 Å². The fourth-order valence-corrected chi connectivity index (χ4v) is 2.56. The summed E-state index contributed by atoms with van der Waals surface area (Å²) in [6.45, 7) is 0. The lowest BCUT2D eigenvalue weighted by molar-refractivity contribution is 0.414. The lowest BCUT2D eigenvalue weighted by atomic mass is 10.0. The average molecular weight is 240 g/mol. The molecular weight excluding hydrogens is 224 g/mol. The van der Waals surface area contributed by atoms with Crippen LogP contribution in [0, 0.1) is 0 Å². The minimum absolute atomic E-state index is 0.415. The minimum Gasteiger partial charge on any atom is -0.508 e. The van der Waals surface area contributed by atoms with Gasteiger partial charge in [-0.05, 0) is 47.6 Å². The molecule has 0 heterocycles. The van der Waals surface area contributed by atoms with Crippen LogP contribution in [0.15, 0.2) is 48.5 Å². The Morgan fingerprint density at radius 3 is 2.39 bits per heavy atom. The summed E-state index contributed by atoms with van der Waals surface area (Å²) in [5.41, 5.74) is 2.39. The molecule has 1 saturated carbocycles. The van der Waals surface area contributed by atoms with Crippen molar-refractivity contribution in [1.82, 2.24) is 0 Å². The van der Waals surface area contributed by atoms with Crippen molar-refractivity contribution in [3.05, 3.63) is 59.7 Å². The Morgan fingerprint density at radius 1 is 1.00 bits per heavy atom. The van der Waals surface area contributed by atoms with Crippen molar-refractivity contribution in [3.8, 4) is 11.5 Å². The maximum atomic E-state index is 9.85. The highest BCUT2D eigenvalue weighted by Gasteiger charge is 2.40. The average Bonchev–Trinajstić information content (AvgIpc) is 3.20. The highest BCUT2D eigenvalue weighted by atomic mass is 16.5. The van der Waals surface area contributed by atoms with Gasteiger partial charge in [0.1, 0.15) is 11.5 Å². The van der Waals surface area contributed by atoms with E-state index in [9.17, 15) is 5.11 Å². The Hall–Kier alpha value is -1.96. The Labute approximate surface area is 107 Å². The van der Waals surface area contributed by atoms with Crippen molar-refractivity contribution in [2.75, 3.05) is 7.11 Å². The van der Waals surface area contributed by atoms with Gasteiger partial charge in [-0.1, -0.05) is 30.3 Å². The Kier molecular flexibility index (Phi) is 2.71. The Balaban J connectivity index is 1.79. The number of hydrogen-bond acceptors (Lipinski definition) is 2. The number of phenols is 1. The van der Waals surface area contributed by atoms with E-state index in [2.05, 4.69) is 12.1 Å². The van der Waals surface area contributed by atoms with Crippen molar-refractivity contribution in [1.29, 1.82) is 0 Å². The number of para-hydroxylation sites is 1. The zero-order valence-corrected chi connectivity index (χ0v) is 10.3. The molecule has 0 amide bonds. The molecule has 0 spiro atoms. The number of phenolic OH excluding ortho intramolecular Hbond substituents is 1. The zero-order valence-electron chi connectivity index (χ0n) is 10.3. The first-order chi connectivity index (χ1) is 8.79. The van der Waals surface area contributed by atoms with Crippen LogP contribution in [0.25, 0.3) is 0 Å². The van der Waals surface area contributed by atoms with Crippen molar-refractivity contribution >= 4 is 0 Å². The van der Waals surface area contributed by atoms with Gasteiger partial charge in [-0.3, -0.25) is 0 Å². The summed E-state index contributed by atoms with van der Waals surface area (Å²) in [4.78, 5) is 0. The van der Waals surface area contributed by atoms with Gasteiger partial charge < -0.3 is 9.84 Å². The van der Waals surface area contributed by atoms with Gasteiger partial charge in [0, 0.05) is 0 Å². The molecule has 2 aromatic rings. The first-order valence-corrected chi connectivity index (χ1v) is 6.21. The van der Waals surface area contributed by atoms with Crippen molar-refractivity contribution < 1.29 is 9.84 Å². The van der Waals surface area contributed by atoms with E-state index in [0.29, 0.717) is 17.6 Å². The second kappa shape index (κ2) is 4.37. The number of hydrogen-bond donors (Lipinski definition) is 1. The van der Waals surface area contributed by atoms with Crippen molar-refractivity contribution in [3.63, 3.8) is 0 Å². The molecule has 2 atom stereocenters. The molecule has 2 heteroatoms. The van der Waals surface area contributed by atoms with Crippen LogP contribution in [-0.2, 0) is 0 Å². The topological polar surface area (TPSA) is 29.5 Å². The Bertz CT molecular complexity index is 545. The molecule has 0 bridgehead atoms. The number of aromatic hydroxyl groups is 1. The molecule has 18 heavy (non-hydrogen) atoms. The highest BCUT2D eigenvalue weighted by Crippen LogP contribution is 2.56. The van der Waals surface area contributed by atoms with E-state index >= 15 is 0 Å². The van der Waals surface area contributed by atoms with Crippen LogP contribution in [0.1, 0.15) is 29.4 Å². The van der Waals surface area contributed by atoms with Crippen LogP contribution < -0.4 is 4.74 Å². The van der Waals surface area contributed by atoms with Crippen LogP contribution >= 0.6 is 0 Å². The van der Waals surface area contributed by atoms with E-state index in [4.69, 9.17) is 4.74 Å². The molecule has 1 aliphatic rings. The molecular formula is C16H16O2. The molecule has 1 aliphatic carbocycles. The van der Waals surface area contributed by atoms with Crippen LogP contribution in [-0.4, -0.2) is 12.2 Å². The van der Waals surface area contributed by atoms with Gasteiger partial charge in [0.25, 0.3) is 0 Å². The fourth-order valence-electron chi connectivity index (χ4n) is 2.56. The predicted molar refractivity (Wildman–Crippen MR) is 71.2 cm³/mol. The van der Waals surface area contributed by atoms with Gasteiger partial charge in [-0.25, -0.2) is 0 Å². The predicted octanol–water partition coefficient (Wildman–Crippen LogP) is 3.67. The minimum atomic E-state index is 0.415. The summed E-state index contributed by atoms with van der Waals surface area (Å²) in [5.74, 6) is 2.29. The maximum absolute atomic E-state index is 9.85. The van der Waals surface area contributed by atoms with Gasteiger partial charge >= 0.3 is 0 Å². The third-order valence-corrected chi connectivity index (χ3v) is 3.67. The third-order valence-electron chi connectivity index (χ3n) is 3.67. The lowest BCUT2D eigenvalue weighted by Gasteiger charge is -2.05. The summed E-state index contributed by atoms with van der Waals surface area (Å²) in [7, 11) is 1.68. The number of benzene rings is 2. The van der Waals surface area contributed by atoms with E-state index in [1.165, 1.54) is 5.56 Å². The SMILES string of the molecule is COc1ccc(C2CC2c2ccccc2O)cc1. The number of ether oxygens (including phenoxy) is 1. The largest absolute Gasteiger partial charge is 0.508 e. The monoisotopic (exact) mass is 240 g/mol. The summed E-state index contributed by atoms with van der Waals surface area (Å²) in [6, 6.07) is 15.8. The maximum Gasteiger partial charge on any atom is 0.119 e. The zero-order chi connectivity index (χ0) is 12.5. The summed E-state index contributed by atoms with van der Waals surface area (Å²) in [5, 5.41) is 9.85. The molecule has 0 aromatic heterocycles. The van der Waals surface area contributed by atoms with Crippen molar-refractivity contribution in [2.24, 2.45) is 0 Å². The molecule has 1 fully saturated rings. The standard InChI is InChI=1S/C16H16O2/c1-18-12-8-6-11(7-9-12)14-10-15(14)13-4-2-3-5-16(13)17/h2-9,14-15,17H,10H2,1H3. The quantitative estimate of drug-likeness (QED) is 0.887. The van der Waals surface area contributed by atoms with Crippen LogP contribution in [0.4, 0.5) is 0 Å². The smallest absolute Gasteiger partial charge is 0.119 e. The molecule has 2 nitrogen and oxygen atoms in total. The second-order valence-corrected chi connectivity index (χ2v) is 4.78. The van der Waals surface area contributed by atoms with Crippen molar-refractivity contribution in [2.45, 2.75) is 18.3 Å². The van der Waals surface area contributed by atoms with Crippen LogP contribution in [0.5, 0.6) is 11.5 Å². The van der Waals surface area contributed by atoms with Crippen LogP contribution in [0.2, 0.25) is 0 Å². The lowest BCUT2D eigenvalue weighted by Crippen LogP contribution is -1.86. The molecule has 0 radical (unpaired) electrons. The molecule has 0 saturated heterocycles. The summed E-state index contributed by atoms with van der Waals surface area (Å²) >= 11 is 0. The highest BCUT2D eigenvalue weighted by molar-refractivity contribution is 5.44. The molecule has 1 N–H and O–H groups in total. The van der Waals surface area contributed by atoms with E-state index in [1.807, 2.05) is 30.3 Å². The van der Waals surface area contributed by atoms with Gasteiger partial charge in [-0.2, -0.15) is 0 Å². The molecule has 3 rings (SSSR count). The van der Waals surface area contributed by atoms with Crippen LogP contribution in [0.3, 0.4) is 0 Å². The molecule has 2 aromatic carbocycles.